The van der Waals surface area contributed by atoms with Crippen molar-refractivity contribution >= 4 is 18.1 Å². The van der Waals surface area contributed by atoms with Gasteiger partial charge in [0.25, 0.3) is 0 Å². The number of carbonyl (C=O) groups is 1. The van der Waals surface area contributed by atoms with Gasteiger partial charge in [-0.2, -0.15) is 0 Å². The van der Waals surface area contributed by atoms with E-state index >= 15 is 0 Å². The molecule has 1 atom stereocenters. The fraction of sp³-hybridized carbons (Fsp3) is 0.211. The Kier molecular flexibility index (Phi) is 10.1. The highest BCUT2D eigenvalue weighted by Gasteiger charge is 2.24. The normalized spacial score (nSPS) is 14.1. The first-order chi connectivity index (χ1) is 10.6. The van der Waals surface area contributed by atoms with Crippen LogP contribution < -0.4 is 0 Å². The van der Waals surface area contributed by atoms with Crippen molar-refractivity contribution in [2.45, 2.75) is 13.0 Å². The minimum Gasteiger partial charge on any atom is -0.459 e. The van der Waals surface area contributed by atoms with E-state index in [2.05, 4.69) is 32.9 Å². The summed E-state index contributed by atoms with van der Waals surface area (Å²) in [5, 5.41) is 0. The van der Waals surface area contributed by atoms with E-state index in [1.807, 2.05) is 36.4 Å². The van der Waals surface area contributed by atoms with Gasteiger partial charge in [0.1, 0.15) is 12.7 Å². The number of hydrogen-bond acceptors (Lipinski definition) is 3. The molecule has 0 aliphatic carbocycles. The van der Waals surface area contributed by atoms with Gasteiger partial charge >= 0.3 is 5.97 Å². The Hall–Kier alpha value is -2.39. The molecule has 3 heteroatoms. The molecule has 0 saturated carbocycles. The number of epoxide rings is 1. The zero-order chi connectivity index (χ0) is 17.0. The summed E-state index contributed by atoms with van der Waals surface area (Å²) in [5.41, 5.74) is 2.70. The molecule has 1 heterocycles. The van der Waals surface area contributed by atoms with Gasteiger partial charge in [-0.15, -0.1) is 13.2 Å². The lowest BCUT2D eigenvalue weighted by atomic mass is 10.1. The molecule has 0 bridgehead atoms. The van der Waals surface area contributed by atoms with Crippen molar-refractivity contribution < 1.29 is 14.3 Å². The van der Waals surface area contributed by atoms with E-state index < -0.39 is 0 Å². The van der Waals surface area contributed by atoms with Crippen molar-refractivity contribution in [3.8, 4) is 0 Å². The van der Waals surface area contributed by atoms with Gasteiger partial charge in [-0.3, -0.25) is 0 Å². The summed E-state index contributed by atoms with van der Waals surface area (Å²) in [7, 11) is 0. The third-order valence-electron chi connectivity index (χ3n) is 2.59. The van der Waals surface area contributed by atoms with Gasteiger partial charge in [-0.05, 0) is 18.1 Å². The molecule has 1 fully saturated rings. The minimum absolute atomic E-state index is 0.142. The van der Waals surface area contributed by atoms with Crippen molar-refractivity contribution in [2.75, 3.05) is 13.2 Å². The lowest BCUT2D eigenvalue weighted by Gasteiger charge is -1.99. The molecule has 1 aliphatic rings. The maximum absolute atomic E-state index is 10.7. The second-order valence-electron chi connectivity index (χ2n) is 4.37. The van der Waals surface area contributed by atoms with Crippen LogP contribution >= 0.6 is 0 Å². The summed E-state index contributed by atoms with van der Waals surface area (Å²) >= 11 is 0. The highest BCUT2D eigenvalue weighted by Crippen LogP contribution is 2.10. The fourth-order valence-electron chi connectivity index (χ4n) is 1.34. The molecule has 1 unspecified atom stereocenters. The van der Waals surface area contributed by atoms with Crippen LogP contribution in [0.25, 0.3) is 12.2 Å². The Morgan fingerprint density at radius 2 is 1.73 bits per heavy atom. The van der Waals surface area contributed by atoms with E-state index in [1.54, 1.807) is 6.92 Å². The Labute approximate surface area is 133 Å². The minimum atomic E-state index is -0.337. The van der Waals surface area contributed by atoms with E-state index in [4.69, 9.17) is 9.47 Å². The number of ether oxygens (including phenoxy) is 2. The Balaban J connectivity index is 0.000000360. The molecule has 1 aromatic rings. The van der Waals surface area contributed by atoms with Crippen LogP contribution in [0.15, 0.2) is 62.7 Å². The zero-order valence-corrected chi connectivity index (χ0v) is 13.2. The molecule has 2 rings (SSSR count). The summed E-state index contributed by atoms with van der Waals surface area (Å²) in [4.78, 5) is 10.7. The maximum Gasteiger partial charge on any atom is 0.333 e. The van der Waals surface area contributed by atoms with Crippen molar-refractivity contribution in [1.82, 2.24) is 0 Å². The second kappa shape index (κ2) is 11.3. The van der Waals surface area contributed by atoms with E-state index in [1.165, 1.54) is 0 Å². The molecule has 0 spiro atoms. The molecule has 0 aromatic heterocycles. The average molecular weight is 300 g/mol. The van der Waals surface area contributed by atoms with Crippen LogP contribution in [0, 0.1) is 0 Å². The predicted molar refractivity (Wildman–Crippen MR) is 93.4 cm³/mol. The van der Waals surface area contributed by atoms with Gasteiger partial charge in [0.05, 0.1) is 6.61 Å². The van der Waals surface area contributed by atoms with Crippen LogP contribution in [0.3, 0.4) is 0 Å². The van der Waals surface area contributed by atoms with Crippen LogP contribution in [0.1, 0.15) is 18.1 Å². The number of hydrogen-bond donors (Lipinski definition) is 0. The smallest absolute Gasteiger partial charge is 0.333 e. The van der Waals surface area contributed by atoms with Crippen molar-refractivity contribution in [1.29, 1.82) is 0 Å². The van der Waals surface area contributed by atoms with Crippen molar-refractivity contribution in [3.63, 3.8) is 0 Å². The molecule has 22 heavy (non-hydrogen) atoms. The number of rotatable bonds is 5. The van der Waals surface area contributed by atoms with E-state index in [-0.39, 0.29) is 12.1 Å². The zero-order valence-electron chi connectivity index (χ0n) is 13.2. The monoisotopic (exact) mass is 300 g/mol. The van der Waals surface area contributed by atoms with Gasteiger partial charge in [0, 0.05) is 5.57 Å². The van der Waals surface area contributed by atoms with Crippen LogP contribution in [-0.4, -0.2) is 25.3 Å². The average Bonchev–Trinajstić information content (AvgIpc) is 3.39. The lowest BCUT2D eigenvalue weighted by Crippen LogP contribution is -2.09. The van der Waals surface area contributed by atoms with Gasteiger partial charge < -0.3 is 9.47 Å². The first kappa shape index (κ1) is 19.6. The van der Waals surface area contributed by atoms with Crippen LogP contribution in [0.2, 0.25) is 0 Å². The molecule has 0 amide bonds. The van der Waals surface area contributed by atoms with E-state index in [9.17, 15) is 4.79 Å². The molecule has 3 nitrogen and oxygen atoms in total. The fourth-order valence-corrected chi connectivity index (χ4v) is 1.34. The number of carbonyl (C=O) groups excluding carboxylic acids is 1. The maximum atomic E-state index is 10.7. The third kappa shape index (κ3) is 8.02. The molecular formula is C19H24O3. The van der Waals surface area contributed by atoms with Crippen molar-refractivity contribution in [2.24, 2.45) is 0 Å². The van der Waals surface area contributed by atoms with Gasteiger partial charge in [-0.25, -0.2) is 4.79 Å². The van der Waals surface area contributed by atoms with Crippen LogP contribution in [0.5, 0.6) is 0 Å². The van der Waals surface area contributed by atoms with Crippen LogP contribution in [-0.2, 0) is 14.3 Å². The predicted octanol–water partition coefficient (Wildman–Crippen LogP) is 4.28. The largest absolute Gasteiger partial charge is 0.459 e. The molecule has 118 valence electrons. The Morgan fingerprint density at radius 1 is 1.27 bits per heavy atom. The Morgan fingerprint density at radius 3 is 2.05 bits per heavy atom. The number of esters is 1. The summed E-state index contributed by atoms with van der Waals surface area (Å²) in [5.74, 6) is -0.337. The molecular weight excluding hydrogens is 276 g/mol. The van der Waals surface area contributed by atoms with Crippen molar-refractivity contribution in [3.05, 3.63) is 73.9 Å². The van der Waals surface area contributed by atoms with Gasteiger partial charge in [0.2, 0.25) is 0 Å². The standard InChI is InChI=1S/C10H10.C7H10O3.C2H4/c1-3-9-7-5-6-8-10(9)4-2;1-5(2)7(8)10-4-6-3-9-6;1-2/h3-8H,1-2H2;6H,1,3-4H2,2H3;1-2H2. The third-order valence-corrected chi connectivity index (χ3v) is 2.59. The topological polar surface area (TPSA) is 38.8 Å². The van der Waals surface area contributed by atoms with Gasteiger partial charge in [0.15, 0.2) is 0 Å². The molecule has 0 N–H and O–H groups in total. The highest BCUT2D eigenvalue weighted by atomic mass is 16.6. The van der Waals surface area contributed by atoms with E-state index in [0.717, 1.165) is 11.1 Å². The second-order valence-corrected chi connectivity index (χ2v) is 4.37. The molecule has 1 saturated heterocycles. The molecule has 1 aliphatic heterocycles. The number of benzene rings is 1. The highest BCUT2D eigenvalue weighted by molar-refractivity contribution is 5.86. The molecule has 0 radical (unpaired) electrons. The SMILES string of the molecule is C=C.C=C(C)C(=O)OCC1CO1.C=Cc1ccccc1C=C. The first-order valence-corrected chi connectivity index (χ1v) is 6.86. The molecule has 1 aromatic carbocycles. The van der Waals surface area contributed by atoms with Gasteiger partial charge in [-0.1, -0.05) is 56.2 Å². The first-order valence-electron chi connectivity index (χ1n) is 6.86. The lowest BCUT2D eigenvalue weighted by molar-refractivity contribution is -0.139. The quantitative estimate of drug-likeness (QED) is 0.352. The summed E-state index contributed by atoms with van der Waals surface area (Å²) < 4.78 is 9.60. The van der Waals surface area contributed by atoms with E-state index in [0.29, 0.717) is 18.8 Å². The summed E-state index contributed by atoms with van der Waals surface area (Å²) in [6.07, 6.45) is 3.80. The Bertz CT molecular complexity index is 486. The van der Waals surface area contributed by atoms with Crippen LogP contribution in [0.4, 0.5) is 0 Å². The summed E-state index contributed by atoms with van der Waals surface area (Å²) in [6, 6.07) is 8.02. The summed E-state index contributed by atoms with van der Waals surface area (Å²) in [6.45, 7) is 19.5.